The molecule has 1 aliphatic rings. The van der Waals surface area contributed by atoms with Crippen molar-refractivity contribution in [3.8, 4) is 0 Å². The Morgan fingerprint density at radius 1 is 0.919 bits per heavy atom. The van der Waals surface area contributed by atoms with Crippen molar-refractivity contribution in [3.05, 3.63) is 95.7 Å². The number of ketones is 1. The van der Waals surface area contributed by atoms with Gasteiger partial charge in [-0.2, -0.15) is 0 Å². The van der Waals surface area contributed by atoms with Crippen LogP contribution in [0.25, 0.3) is 11.0 Å². The average Bonchev–Trinajstić information content (AvgIpc) is 3.59. The van der Waals surface area contributed by atoms with Crippen LogP contribution in [0, 0.1) is 5.92 Å². The van der Waals surface area contributed by atoms with Crippen molar-refractivity contribution in [1.29, 1.82) is 0 Å². The normalized spacial score (nSPS) is 14.2. The van der Waals surface area contributed by atoms with E-state index in [0.29, 0.717) is 16.9 Å². The highest BCUT2D eigenvalue weighted by Gasteiger charge is 2.17. The number of hydrogen-bond acceptors (Lipinski definition) is 6. The van der Waals surface area contributed by atoms with Crippen LogP contribution in [-0.2, 0) is 9.63 Å². The van der Waals surface area contributed by atoms with Gasteiger partial charge < -0.3 is 9.25 Å². The monoisotopic (exact) mass is 511 g/mol. The molecule has 0 aliphatic heterocycles. The third-order valence-corrected chi connectivity index (χ3v) is 7.75. The van der Waals surface area contributed by atoms with Crippen molar-refractivity contribution in [3.63, 3.8) is 0 Å². The number of benzene rings is 3. The standard InChI is InChI=1S/C31H29NO4S/c1-21(33)36-32-28(19-10-22-6-2-3-7-22)23-11-15-26(16-12-23)37-27-17-13-24(14-18-27)31(34)30-20-25-8-4-5-9-29(25)35-30/h4-5,8-9,11-18,20,22H,2-3,6-7,10,19H2,1H3/b32-28+. The zero-order valence-electron chi connectivity index (χ0n) is 20.8. The Morgan fingerprint density at radius 2 is 1.57 bits per heavy atom. The number of fused-ring (bicyclic) bond motifs is 1. The molecular weight excluding hydrogens is 482 g/mol. The van der Waals surface area contributed by atoms with Gasteiger partial charge in [-0.25, -0.2) is 4.79 Å². The number of para-hydroxylation sites is 1. The molecule has 188 valence electrons. The van der Waals surface area contributed by atoms with Gasteiger partial charge in [0.1, 0.15) is 5.58 Å². The Morgan fingerprint density at radius 3 is 2.22 bits per heavy atom. The van der Waals surface area contributed by atoms with Gasteiger partial charge >= 0.3 is 5.97 Å². The second-order valence-electron chi connectivity index (χ2n) is 9.44. The molecule has 4 aromatic rings. The first kappa shape index (κ1) is 25.0. The van der Waals surface area contributed by atoms with Crippen LogP contribution in [0.2, 0.25) is 0 Å². The zero-order valence-corrected chi connectivity index (χ0v) is 21.6. The summed E-state index contributed by atoms with van der Waals surface area (Å²) in [7, 11) is 0. The van der Waals surface area contributed by atoms with Gasteiger partial charge in [0, 0.05) is 27.7 Å². The molecule has 1 saturated carbocycles. The lowest BCUT2D eigenvalue weighted by Crippen LogP contribution is -2.07. The minimum atomic E-state index is -0.409. The Balaban J connectivity index is 1.24. The lowest BCUT2D eigenvalue weighted by atomic mass is 9.97. The number of nitrogens with zero attached hydrogens (tertiary/aromatic N) is 1. The number of rotatable bonds is 9. The van der Waals surface area contributed by atoms with E-state index in [4.69, 9.17) is 9.25 Å². The molecular formula is C31H29NO4S. The highest BCUT2D eigenvalue weighted by molar-refractivity contribution is 7.99. The maximum absolute atomic E-state index is 12.9. The topological polar surface area (TPSA) is 68.9 Å². The highest BCUT2D eigenvalue weighted by atomic mass is 32.2. The summed E-state index contributed by atoms with van der Waals surface area (Å²) in [6, 6.07) is 25.1. The van der Waals surface area contributed by atoms with E-state index in [2.05, 4.69) is 5.16 Å². The van der Waals surface area contributed by atoms with E-state index in [1.54, 1.807) is 17.8 Å². The molecule has 0 atom stereocenters. The van der Waals surface area contributed by atoms with E-state index >= 15 is 0 Å². The molecule has 5 nitrogen and oxygen atoms in total. The lowest BCUT2D eigenvalue weighted by Gasteiger charge is -2.11. The summed E-state index contributed by atoms with van der Waals surface area (Å²) >= 11 is 1.62. The minimum Gasteiger partial charge on any atom is -0.453 e. The van der Waals surface area contributed by atoms with Crippen molar-refractivity contribution >= 4 is 40.2 Å². The zero-order chi connectivity index (χ0) is 25.6. The van der Waals surface area contributed by atoms with Gasteiger partial charge in [0.15, 0.2) is 5.76 Å². The van der Waals surface area contributed by atoms with E-state index in [9.17, 15) is 9.59 Å². The molecule has 37 heavy (non-hydrogen) atoms. The first-order valence-electron chi connectivity index (χ1n) is 12.7. The van der Waals surface area contributed by atoms with Crippen LogP contribution in [0.4, 0.5) is 0 Å². The van der Waals surface area contributed by atoms with Gasteiger partial charge in [-0.3, -0.25) is 4.79 Å². The molecule has 0 amide bonds. The summed E-state index contributed by atoms with van der Waals surface area (Å²) in [6.45, 7) is 1.37. The Hall–Kier alpha value is -3.64. The molecule has 1 aliphatic carbocycles. The average molecular weight is 512 g/mol. The summed E-state index contributed by atoms with van der Waals surface area (Å²) in [5.74, 6) is 0.539. The van der Waals surface area contributed by atoms with Gasteiger partial charge in [-0.15, -0.1) is 0 Å². The summed E-state index contributed by atoms with van der Waals surface area (Å²) in [5.41, 5.74) is 3.08. The largest absolute Gasteiger partial charge is 0.453 e. The van der Waals surface area contributed by atoms with Crippen molar-refractivity contribution < 1.29 is 18.8 Å². The Bertz CT molecular complexity index is 1380. The summed E-state index contributed by atoms with van der Waals surface area (Å²) in [4.78, 5) is 31.3. The van der Waals surface area contributed by atoms with Gasteiger partial charge in [0.25, 0.3) is 0 Å². The highest BCUT2D eigenvalue weighted by Crippen LogP contribution is 2.31. The Labute approximate surface area is 220 Å². The third-order valence-electron chi connectivity index (χ3n) is 6.74. The van der Waals surface area contributed by atoms with E-state index in [0.717, 1.165) is 45.2 Å². The fraction of sp³-hybridized carbons (Fsp3) is 0.258. The minimum absolute atomic E-state index is 0.130. The van der Waals surface area contributed by atoms with E-state index < -0.39 is 5.97 Å². The Kier molecular flexibility index (Phi) is 7.85. The SMILES string of the molecule is CC(=O)O/N=C(\CCC1CCCC1)c1ccc(Sc2ccc(C(=O)c3cc4ccccc4o3)cc2)cc1. The van der Waals surface area contributed by atoms with E-state index in [1.165, 1.54) is 32.6 Å². The molecule has 6 heteroatoms. The number of carbonyl (C=O) groups is 2. The first-order chi connectivity index (χ1) is 18.0. The van der Waals surface area contributed by atoms with Gasteiger partial charge in [-0.05, 0) is 72.9 Å². The van der Waals surface area contributed by atoms with Crippen molar-refractivity contribution in [2.75, 3.05) is 0 Å². The van der Waals surface area contributed by atoms with Crippen molar-refractivity contribution in [2.45, 2.75) is 55.2 Å². The number of hydrogen-bond donors (Lipinski definition) is 0. The molecule has 3 aromatic carbocycles. The second-order valence-corrected chi connectivity index (χ2v) is 10.6. The van der Waals surface area contributed by atoms with Gasteiger partial charge in [0.2, 0.25) is 5.78 Å². The van der Waals surface area contributed by atoms with Crippen LogP contribution in [0.5, 0.6) is 0 Å². The van der Waals surface area contributed by atoms with Gasteiger partial charge in [0.05, 0.1) is 5.71 Å². The van der Waals surface area contributed by atoms with Crippen LogP contribution in [0.3, 0.4) is 0 Å². The smallest absolute Gasteiger partial charge is 0.331 e. The number of oxime groups is 1. The first-order valence-corrected chi connectivity index (χ1v) is 13.5. The van der Waals surface area contributed by atoms with Crippen LogP contribution >= 0.6 is 11.8 Å². The molecule has 1 aromatic heterocycles. The maximum atomic E-state index is 12.9. The van der Waals surface area contributed by atoms with Gasteiger partial charge in [-0.1, -0.05) is 72.9 Å². The van der Waals surface area contributed by atoms with E-state index in [1.807, 2.05) is 72.8 Å². The fourth-order valence-electron chi connectivity index (χ4n) is 4.76. The quantitative estimate of drug-likeness (QED) is 0.0984. The number of carbonyl (C=O) groups excluding carboxylic acids is 2. The summed E-state index contributed by atoms with van der Waals surface area (Å²) < 4.78 is 5.73. The van der Waals surface area contributed by atoms with Crippen LogP contribution in [0.15, 0.2) is 98.2 Å². The van der Waals surface area contributed by atoms with Crippen LogP contribution in [0.1, 0.15) is 67.1 Å². The second kappa shape index (κ2) is 11.6. The molecule has 0 saturated heterocycles. The van der Waals surface area contributed by atoms with Crippen molar-refractivity contribution in [2.24, 2.45) is 11.1 Å². The molecule has 1 heterocycles. The molecule has 0 radical (unpaired) electrons. The van der Waals surface area contributed by atoms with Crippen LogP contribution in [-0.4, -0.2) is 17.5 Å². The number of furan rings is 1. The third kappa shape index (κ3) is 6.38. The van der Waals surface area contributed by atoms with E-state index in [-0.39, 0.29) is 5.78 Å². The molecule has 5 rings (SSSR count). The fourth-order valence-corrected chi connectivity index (χ4v) is 5.58. The predicted octanol–water partition coefficient (Wildman–Crippen LogP) is 8.05. The lowest BCUT2D eigenvalue weighted by molar-refractivity contribution is -0.140. The summed E-state index contributed by atoms with van der Waals surface area (Å²) in [5, 5.41) is 5.07. The summed E-state index contributed by atoms with van der Waals surface area (Å²) in [6.07, 6.45) is 7.03. The molecule has 0 bridgehead atoms. The van der Waals surface area contributed by atoms with Crippen LogP contribution < -0.4 is 0 Å². The molecule has 0 spiro atoms. The maximum Gasteiger partial charge on any atom is 0.331 e. The molecule has 0 unspecified atom stereocenters. The van der Waals surface area contributed by atoms with Crippen molar-refractivity contribution in [1.82, 2.24) is 0 Å². The predicted molar refractivity (Wildman–Crippen MR) is 146 cm³/mol. The molecule has 0 N–H and O–H groups in total. The molecule has 1 fully saturated rings.